The van der Waals surface area contributed by atoms with Crippen molar-refractivity contribution in [3.8, 4) is 0 Å². The molecule has 0 saturated heterocycles. The topological polar surface area (TPSA) is 60.2 Å². The molecule has 0 bridgehead atoms. The minimum Gasteiger partial charge on any atom is -0.297 e. The highest BCUT2D eigenvalue weighted by molar-refractivity contribution is 7.15. The third-order valence-electron chi connectivity index (χ3n) is 2.33. The summed E-state index contributed by atoms with van der Waals surface area (Å²) in [6.45, 7) is 0. The van der Waals surface area contributed by atoms with Crippen molar-refractivity contribution >= 4 is 22.1 Å². The van der Waals surface area contributed by atoms with Crippen LogP contribution in [0.4, 0.5) is 0 Å². The summed E-state index contributed by atoms with van der Waals surface area (Å²) in [4.78, 5) is 25.0. The lowest BCUT2D eigenvalue weighted by Crippen LogP contribution is -2.06. The van der Waals surface area contributed by atoms with Crippen molar-refractivity contribution in [3.05, 3.63) is 47.8 Å². The molecule has 3 heterocycles. The maximum atomic E-state index is 11.9. The standard InChI is InChI=1S/C11H8N4OS/c16-10(9-6-12-1-2-13-9)5-8-7-15-3-4-17-11(15)14-8/h1-4,6-7H,5H2. The number of hydrogen-bond donors (Lipinski definition) is 0. The Hall–Kier alpha value is -2.08. The molecule has 0 spiro atoms. The van der Waals surface area contributed by atoms with Gasteiger partial charge in [-0.15, -0.1) is 11.3 Å². The molecule has 6 heteroatoms. The molecule has 3 aromatic rings. The maximum Gasteiger partial charge on any atom is 0.193 e. The first-order chi connectivity index (χ1) is 8.33. The highest BCUT2D eigenvalue weighted by Gasteiger charge is 2.11. The second-order valence-corrected chi connectivity index (χ2v) is 4.39. The van der Waals surface area contributed by atoms with Crippen molar-refractivity contribution in [1.29, 1.82) is 0 Å². The number of thiazole rings is 1. The fourth-order valence-electron chi connectivity index (χ4n) is 1.56. The second-order valence-electron chi connectivity index (χ2n) is 3.52. The lowest BCUT2D eigenvalue weighted by molar-refractivity contribution is 0.0987. The number of aromatic nitrogens is 4. The Morgan fingerprint density at radius 1 is 1.41 bits per heavy atom. The molecule has 0 aliphatic heterocycles. The highest BCUT2D eigenvalue weighted by atomic mass is 32.1. The predicted octanol–water partition coefficient (Wildman–Crippen LogP) is 1.61. The Balaban J connectivity index is 1.84. The number of ketones is 1. The van der Waals surface area contributed by atoms with Crippen molar-refractivity contribution < 1.29 is 4.79 Å². The molecular weight excluding hydrogens is 236 g/mol. The van der Waals surface area contributed by atoms with Crippen LogP contribution in [0.3, 0.4) is 0 Å². The van der Waals surface area contributed by atoms with E-state index < -0.39 is 0 Å². The molecule has 0 N–H and O–H groups in total. The summed E-state index contributed by atoms with van der Waals surface area (Å²) in [5.41, 5.74) is 1.14. The number of carbonyl (C=O) groups is 1. The third kappa shape index (κ3) is 1.94. The van der Waals surface area contributed by atoms with Crippen LogP contribution in [0, 0.1) is 0 Å². The van der Waals surface area contributed by atoms with E-state index in [1.165, 1.54) is 12.4 Å². The third-order valence-corrected chi connectivity index (χ3v) is 3.10. The summed E-state index contributed by atoms with van der Waals surface area (Å²) in [5.74, 6) is -0.0659. The van der Waals surface area contributed by atoms with Crippen LogP contribution in [-0.2, 0) is 6.42 Å². The first-order valence-corrected chi connectivity index (χ1v) is 5.91. The number of Topliss-reactive ketones (excluding diaryl/α,β-unsaturated/α-hetero) is 1. The van der Waals surface area contributed by atoms with E-state index in [0.717, 1.165) is 10.7 Å². The summed E-state index contributed by atoms with van der Waals surface area (Å²) in [6, 6.07) is 0. The van der Waals surface area contributed by atoms with Crippen molar-refractivity contribution in [1.82, 2.24) is 19.4 Å². The van der Waals surface area contributed by atoms with Crippen LogP contribution in [0.2, 0.25) is 0 Å². The van der Waals surface area contributed by atoms with Gasteiger partial charge < -0.3 is 0 Å². The number of carbonyl (C=O) groups excluding carboxylic acids is 1. The van der Waals surface area contributed by atoms with E-state index in [1.807, 2.05) is 22.2 Å². The van der Waals surface area contributed by atoms with Crippen LogP contribution >= 0.6 is 11.3 Å². The number of fused-ring (bicyclic) bond motifs is 1. The molecular formula is C11H8N4OS. The molecule has 0 unspecified atom stereocenters. The largest absolute Gasteiger partial charge is 0.297 e. The van der Waals surface area contributed by atoms with Gasteiger partial charge in [0.05, 0.1) is 18.3 Å². The molecule has 3 aromatic heterocycles. The fraction of sp³-hybridized carbons (Fsp3) is 0.0909. The van der Waals surface area contributed by atoms with Gasteiger partial charge in [0, 0.05) is 30.2 Å². The lowest BCUT2D eigenvalue weighted by atomic mass is 10.2. The first-order valence-electron chi connectivity index (χ1n) is 5.03. The van der Waals surface area contributed by atoms with Gasteiger partial charge in [-0.2, -0.15) is 0 Å². The van der Waals surface area contributed by atoms with Gasteiger partial charge in [-0.1, -0.05) is 0 Å². The SMILES string of the molecule is O=C(Cc1cn2ccsc2n1)c1cnccn1. The van der Waals surface area contributed by atoms with Gasteiger partial charge >= 0.3 is 0 Å². The van der Waals surface area contributed by atoms with Crippen LogP contribution < -0.4 is 0 Å². The maximum absolute atomic E-state index is 11.9. The summed E-state index contributed by atoms with van der Waals surface area (Å²) >= 11 is 1.54. The van der Waals surface area contributed by atoms with Crippen molar-refractivity contribution in [2.24, 2.45) is 0 Å². The normalized spacial score (nSPS) is 10.8. The monoisotopic (exact) mass is 244 g/mol. The minimum absolute atomic E-state index is 0.0659. The number of rotatable bonds is 3. The molecule has 84 valence electrons. The van der Waals surface area contributed by atoms with Gasteiger partial charge in [0.15, 0.2) is 10.7 Å². The predicted molar refractivity (Wildman–Crippen MR) is 63.1 cm³/mol. The van der Waals surface area contributed by atoms with Crippen molar-refractivity contribution in [3.63, 3.8) is 0 Å². The molecule has 5 nitrogen and oxygen atoms in total. The summed E-state index contributed by atoms with van der Waals surface area (Å²) in [5, 5.41) is 1.95. The minimum atomic E-state index is -0.0659. The average Bonchev–Trinajstić information content (AvgIpc) is 2.90. The quantitative estimate of drug-likeness (QED) is 0.657. The molecule has 0 atom stereocenters. The van der Waals surface area contributed by atoms with Gasteiger partial charge in [0.2, 0.25) is 0 Å². The van der Waals surface area contributed by atoms with E-state index in [0.29, 0.717) is 5.69 Å². The Kier molecular flexibility index (Phi) is 2.41. The van der Waals surface area contributed by atoms with Gasteiger partial charge in [-0.3, -0.25) is 14.2 Å². The molecule has 0 aliphatic carbocycles. The van der Waals surface area contributed by atoms with E-state index in [1.54, 1.807) is 17.5 Å². The second kappa shape index (κ2) is 4.06. The van der Waals surface area contributed by atoms with Crippen LogP contribution in [0.25, 0.3) is 4.96 Å². The van der Waals surface area contributed by atoms with Crippen LogP contribution in [-0.4, -0.2) is 25.1 Å². The Labute approximate surface area is 101 Å². The van der Waals surface area contributed by atoms with E-state index in [4.69, 9.17) is 0 Å². The molecule has 3 rings (SSSR count). The molecule has 0 radical (unpaired) electrons. The van der Waals surface area contributed by atoms with Crippen LogP contribution in [0.5, 0.6) is 0 Å². The van der Waals surface area contributed by atoms with Gasteiger partial charge in [0.1, 0.15) is 5.69 Å². The van der Waals surface area contributed by atoms with Crippen LogP contribution in [0.15, 0.2) is 36.4 Å². The molecule has 0 saturated carbocycles. The van der Waals surface area contributed by atoms with Gasteiger partial charge in [-0.05, 0) is 0 Å². The Morgan fingerprint density at radius 3 is 3.12 bits per heavy atom. The first kappa shape index (κ1) is 10.1. The summed E-state index contributed by atoms with van der Waals surface area (Å²) < 4.78 is 1.91. The highest BCUT2D eigenvalue weighted by Crippen LogP contribution is 2.12. The van der Waals surface area contributed by atoms with Crippen LogP contribution in [0.1, 0.15) is 16.2 Å². The van der Waals surface area contributed by atoms with E-state index >= 15 is 0 Å². The molecule has 0 fully saturated rings. The Morgan fingerprint density at radius 2 is 2.35 bits per heavy atom. The smallest absolute Gasteiger partial charge is 0.193 e. The molecule has 0 amide bonds. The zero-order valence-electron chi connectivity index (χ0n) is 8.78. The molecule has 0 aliphatic rings. The summed E-state index contributed by atoms with van der Waals surface area (Å²) in [6.07, 6.45) is 8.57. The van der Waals surface area contributed by atoms with E-state index in [9.17, 15) is 4.79 Å². The zero-order chi connectivity index (χ0) is 11.7. The molecule has 17 heavy (non-hydrogen) atoms. The zero-order valence-corrected chi connectivity index (χ0v) is 9.59. The Bertz CT molecular complexity index is 630. The van der Waals surface area contributed by atoms with E-state index in [-0.39, 0.29) is 12.2 Å². The number of hydrogen-bond acceptors (Lipinski definition) is 5. The fourth-order valence-corrected chi connectivity index (χ4v) is 2.28. The van der Waals surface area contributed by atoms with Gasteiger partial charge in [-0.25, -0.2) is 9.97 Å². The van der Waals surface area contributed by atoms with Crippen molar-refractivity contribution in [2.45, 2.75) is 6.42 Å². The molecule has 0 aromatic carbocycles. The summed E-state index contributed by atoms with van der Waals surface area (Å²) in [7, 11) is 0. The average molecular weight is 244 g/mol. The lowest BCUT2D eigenvalue weighted by Gasteiger charge is -1.95. The van der Waals surface area contributed by atoms with E-state index in [2.05, 4.69) is 15.0 Å². The van der Waals surface area contributed by atoms with Crippen molar-refractivity contribution in [2.75, 3.05) is 0 Å². The number of imidazole rings is 1. The number of nitrogens with zero attached hydrogens (tertiary/aromatic N) is 4. The van der Waals surface area contributed by atoms with Gasteiger partial charge in [0.25, 0.3) is 0 Å².